The number of hydrogen-bond donors (Lipinski definition) is 1. The molecule has 0 unspecified atom stereocenters. The average Bonchev–Trinajstić information content (AvgIpc) is 2.88. The highest BCUT2D eigenvalue weighted by atomic mass is 35.5. The van der Waals surface area contributed by atoms with Gasteiger partial charge in [0.25, 0.3) is 0 Å². The maximum Gasteiger partial charge on any atom is 0.237 e. The number of carbonyl (C=O) groups is 1. The van der Waals surface area contributed by atoms with Crippen molar-refractivity contribution in [1.82, 2.24) is 14.8 Å². The number of nitriles is 1. The number of benzene rings is 1. The van der Waals surface area contributed by atoms with Crippen molar-refractivity contribution >= 4 is 35.0 Å². The molecule has 0 saturated carbocycles. The Balaban J connectivity index is 2.06. The van der Waals surface area contributed by atoms with Crippen molar-refractivity contribution in [3.8, 4) is 6.07 Å². The van der Waals surface area contributed by atoms with Crippen LogP contribution in [0.4, 0.5) is 5.69 Å². The number of thioether (sulfide) groups is 1. The van der Waals surface area contributed by atoms with Gasteiger partial charge in [-0.05, 0) is 32.0 Å². The van der Waals surface area contributed by atoms with Gasteiger partial charge in [0.15, 0.2) is 5.16 Å². The van der Waals surface area contributed by atoms with Crippen molar-refractivity contribution in [3.05, 3.63) is 47.3 Å². The average molecular weight is 362 g/mol. The lowest BCUT2D eigenvalue weighted by molar-refractivity contribution is -0.115. The van der Waals surface area contributed by atoms with Crippen LogP contribution in [0.25, 0.3) is 0 Å². The van der Waals surface area contributed by atoms with Gasteiger partial charge in [-0.1, -0.05) is 29.4 Å². The Morgan fingerprint density at radius 2 is 2.33 bits per heavy atom. The number of amides is 1. The van der Waals surface area contributed by atoms with Crippen molar-refractivity contribution in [2.75, 3.05) is 5.32 Å². The van der Waals surface area contributed by atoms with Gasteiger partial charge in [0.05, 0.1) is 15.8 Å². The van der Waals surface area contributed by atoms with Crippen LogP contribution in [-0.4, -0.2) is 25.9 Å². The number of aryl methyl sites for hydroxylation is 1. The third kappa shape index (κ3) is 4.16. The largest absolute Gasteiger partial charge is 0.325 e. The Hall–Kier alpha value is -2.30. The van der Waals surface area contributed by atoms with Crippen LogP contribution in [0, 0.1) is 18.3 Å². The summed E-state index contributed by atoms with van der Waals surface area (Å²) in [4.78, 5) is 12.3. The molecule has 124 valence electrons. The van der Waals surface area contributed by atoms with Gasteiger partial charge >= 0.3 is 0 Å². The molecule has 1 amide bonds. The van der Waals surface area contributed by atoms with Gasteiger partial charge in [-0.3, -0.25) is 4.79 Å². The lowest BCUT2D eigenvalue weighted by Gasteiger charge is -2.12. The third-order valence-corrected chi connectivity index (χ3v) is 4.62. The highest BCUT2D eigenvalue weighted by Gasteiger charge is 2.19. The summed E-state index contributed by atoms with van der Waals surface area (Å²) >= 11 is 7.29. The van der Waals surface area contributed by atoms with Crippen LogP contribution in [0.5, 0.6) is 0 Å². The Morgan fingerprint density at radius 1 is 1.58 bits per heavy atom. The number of nitrogens with one attached hydrogen (secondary N) is 1. The summed E-state index contributed by atoms with van der Waals surface area (Å²) in [5.74, 6) is 0.579. The maximum atomic E-state index is 12.3. The Bertz CT molecular complexity index is 811. The highest BCUT2D eigenvalue weighted by molar-refractivity contribution is 8.00. The summed E-state index contributed by atoms with van der Waals surface area (Å²) in [5, 5.41) is 20.3. The zero-order valence-electron chi connectivity index (χ0n) is 13.3. The van der Waals surface area contributed by atoms with Crippen LogP contribution in [0.15, 0.2) is 36.0 Å². The van der Waals surface area contributed by atoms with E-state index < -0.39 is 0 Å². The molecular weight excluding hydrogens is 346 g/mol. The van der Waals surface area contributed by atoms with E-state index in [1.54, 1.807) is 31.2 Å². The molecule has 1 N–H and O–H groups in total. The molecule has 2 aromatic rings. The molecule has 0 radical (unpaired) electrons. The number of hydrogen-bond acceptors (Lipinski definition) is 5. The first-order chi connectivity index (χ1) is 11.5. The molecule has 24 heavy (non-hydrogen) atoms. The van der Waals surface area contributed by atoms with Gasteiger partial charge in [0, 0.05) is 12.2 Å². The molecule has 0 spiro atoms. The lowest BCUT2D eigenvalue weighted by atomic mass is 10.2. The van der Waals surface area contributed by atoms with Gasteiger partial charge in [0.1, 0.15) is 11.9 Å². The number of carbonyl (C=O) groups excluding carboxylic acids is 1. The minimum atomic E-state index is -0.383. The summed E-state index contributed by atoms with van der Waals surface area (Å²) in [6.07, 6.45) is 1.75. The smallest absolute Gasteiger partial charge is 0.237 e. The summed E-state index contributed by atoms with van der Waals surface area (Å²) in [5.41, 5.74) is 0.908. The summed E-state index contributed by atoms with van der Waals surface area (Å²) in [7, 11) is 0. The predicted molar refractivity (Wildman–Crippen MR) is 95.1 cm³/mol. The molecule has 0 saturated heterocycles. The van der Waals surface area contributed by atoms with E-state index in [1.807, 2.05) is 17.6 Å². The molecule has 8 heteroatoms. The lowest BCUT2D eigenvalue weighted by Crippen LogP contribution is -2.23. The predicted octanol–water partition coefficient (Wildman–Crippen LogP) is 3.42. The fourth-order valence-electron chi connectivity index (χ4n) is 1.93. The SMILES string of the molecule is C=CCn1c(C)nnc1S[C@H](C)C(=O)Nc1ccc(C#N)c(Cl)c1. The van der Waals surface area contributed by atoms with E-state index in [0.717, 1.165) is 5.82 Å². The number of rotatable bonds is 6. The number of anilines is 1. The van der Waals surface area contributed by atoms with E-state index in [0.29, 0.717) is 28.0 Å². The third-order valence-electron chi connectivity index (χ3n) is 3.22. The van der Waals surface area contributed by atoms with E-state index in [2.05, 4.69) is 22.1 Å². The van der Waals surface area contributed by atoms with Crippen LogP contribution in [-0.2, 0) is 11.3 Å². The molecule has 2 rings (SSSR count). The second-order valence-electron chi connectivity index (χ2n) is 4.98. The van der Waals surface area contributed by atoms with Crippen molar-refractivity contribution in [2.45, 2.75) is 30.8 Å². The van der Waals surface area contributed by atoms with E-state index in [-0.39, 0.29) is 11.2 Å². The minimum Gasteiger partial charge on any atom is -0.325 e. The van der Waals surface area contributed by atoms with Crippen molar-refractivity contribution in [2.24, 2.45) is 0 Å². The molecule has 0 fully saturated rings. The summed E-state index contributed by atoms with van der Waals surface area (Å²) < 4.78 is 1.89. The highest BCUT2D eigenvalue weighted by Crippen LogP contribution is 2.25. The summed E-state index contributed by atoms with van der Waals surface area (Å²) in [6, 6.07) is 6.74. The van der Waals surface area contributed by atoms with Crippen molar-refractivity contribution < 1.29 is 4.79 Å². The first-order valence-electron chi connectivity index (χ1n) is 7.14. The Labute approximate surface area is 149 Å². The van der Waals surface area contributed by atoms with Gasteiger partial charge < -0.3 is 9.88 Å². The monoisotopic (exact) mass is 361 g/mol. The molecule has 1 atom stereocenters. The number of aromatic nitrogens is 3. The van der Waals surface area contributed by atoms with Crippen molar-refractivity contribution in [3.63, 3.8) is 0 Å². The molecule has 0 aliphatic rings. The zero-order chi connectivity index (χ0) is 17.7. The quantitative estimate of drug-likeness (QED) is 0.629. The fraction of sp³-hybridized carbons (Fsp3) is 0.250. The minimum absolute atomic E-state index is 0.188. The maximum absolute atomic E-state index is 12.3. The Kier molecular flexibility index (Phi) is 6.01. The van der Waals surface area contributed by atoms with Gasteiger partial charge in [-0.25, -0.2) is 0 Å². The summed E-state index contributed by atoms with van der Waals surface area (Å²) in [6.45, 7) is 7.93. The van der Waals surface area contributed by atoms with Crippen molar-refractivity contribution in [1.29, 1.82) is 5.26 Å². The fourth-order valence-corrected chi connectivity index (χ4v) is 3.05. The van der Waals surface area contributed by atoms with Crippen LogP contribution in [0.2, 0.25) is 5.02 Å². The van der Waals surface area contributed by atoms with Crippen LogP contribution < -0.4 is 5.32 Å². The molecule has 1 heterocycles. The van der Waals surface area contributed by atoms with Crippen LogP contribution in [0.3, 0.4) is 0 Å². The second-order valence-corrected chi connectivity index (χ2v) is 6.70. The topological polar surface area (TPSA) is 83.6 Å². The van der Waals surface area contributed by atoms with E-state index in [9.17, 15) is 4.79 Å². The number of halogens is 1. The molecule has 0 aliphatic heterocycles. The zero-order valence-corrected chi connectivity index (χ0v) is 14.9. The van der Waals surface area contributed by atoms with E-state index >= 15 is 0 Å². The second kappa shape index (κ2) is 7.99. The number of nitrogens with zero attached hydrogens (tertiary/aromatic N) is 4. The number of allylic oxidation sites excluding steroid dienone is 1. The first kappa shape index (κ1) is 18.0. The molecule has 1 aromatic heterocycles. The molecule has 0 aliphatic carbocycles. The molecule has 1 aromatic carbocycles. The standard InChI is InChI=1S/C16H16ClN5OS/c1-4-7-22-11(3)20-21-16(22)24-10(2)15(23)19-13-6-5-12(9-18)14(17)8-13/h4-6,8,10H,1,7H2,2-3H3,(H,19,23)/t10-/m1/s1. The van der Waals surface area contributed by atoms with Crippen LogP contribution >= 0.6 is 23.4 Å². The van der Waals surface area contributed by atoms with E-state index in [1.165, 1.54) is 11.8 Å². The Morgan fingerprint density at radius 3 is 2.96 bits per heavy atom. The van der Waals surface area contributed by atoms with Gasteiger partial charge in [-0.2, -0.15) is 5.26 Å². The van der Waals surface area contributed by atoms with Gasteiger partial charge in [0.2, 0.25) is 5.91 Å². The van der Waals surface area contributed by atoms with E-state index in [4.69, 9.17) is 16.9 Å². The molecule has 6 nitrogen and oxygen atoms in total. The van der Waals surface area contributed by atoms with Crippen LogP contribution in [0.1, 0.15) is 18.3 Å². The van der Waals surface area contributed by atoms with Gasteiger partial charge in [-0.15, -0.1) is 16.8 Å². The normalized spacial score (nSPS) is 11.6. The molecule has 0 bridgehead atoms. The first-order valence-corrected chi connectivity index (χ1v) is 8.40. The molecular formula is C16H16ClN5OS.